The van der Waals surface area contributed by atoms with Crippen LogP contribution in [-0.2, 0) is 11.3 Å². The monoisotopic (exact) mass is 608 g/mol. The van der Waals surface area contributed by atoms with Crippen molar-refractivity contribution in [3.05, 3.63) is 70.9 Å². The lowest BCUT2D eigenvalue weighted by molar-refractivity contribution is -0.204. The first-order chi connectivity index (χ1) is 20.0. The Labute approximate surface area is 243 Å². The van der Waals surface area contributed by atoms with E-state index < -0.39 is 30.7 Å². The third-order valence-corrected chi connectivity index (χ3v) is 6.79. The number of amides is 3. The van der Waals surface area contributed by atoms with E-state index in [4.69, 9.17) is 21.7 Å². The van der Waals surface area contributed by atoms with Crippen LogP contribution in [0.3, 0.4) is 0 Å². The maximum absolute atomic E-state index is 13.4. The van der Waals surface area contributed by atoms with E-state index in [0.717, 1.165) is 12.8 Å². The van der Waals surface area contributed by atoms with E-state index >= 15 is 0 Å². The molecule has 42 heavy (non-hydrogen) atoms. The van der Waals surface area contributed by atoms with Gasteiger partial charge in [0.1, 0.15) is 12.2 Å². The fraction of sp³-hybridized carbons (Fsp3) is 0.385. The van der Waals surface area contributed by atoms with Crippen LogP contribution in [0.4, 0.5) is 18.0 Å². The van der Waals surface area contributed by atoms with Gasteiger partial charge in [-0.25, -0.2) is 19.4 Å². The first-order valence-electron chi connectivity index (χ1n) is 12.8. The highest BCUT2D eigenvalue weighted by Gasteiger charge is 2.41. The van der Waals surface area contributed by atoms with E-state index in [1.807, 2.05) is 0 Å². The fourth-order valence-electron chi connectivity index (χ4n) is 4.42. The summed E-state index contributed by atoms with van der Waals surface area (Å²) in [6.45, 7) is -0.587. The number of carbonyl (C=O) groups excluding carboxylic acids is 2. The highest BCUT2D eigenvalue weighted by Crippen LogP contribution is 2.23. The second-order valence-electron chi connectivity index (χ2n) is 9.41. The first kappa shape index (κ1) is 30.9. The van der Waals surface area contributed by atoms with Gasteiger partial charge in [-0.3, -0.25) is 15.1 Å². The van der Waals surface area contributed by atoms with Crippen molar-refractivity contribution in [1.82, 2.24) is 34.9 Å². The molecule has 2 atom stereocenters. The van der Waals surface area contributed by atoms with Crippen molar-refractivity contribution in [3.63, 3.8) is 0 Å². The maximum Gasteiger partial charge on any atom is 0.416 e. The number of likely N-dealkylation sites (tertiary alicyclic amines) is 1. The van der Waals surface area contributed by atoms with Crippen LogP contribution in [0.1, 0.15) is 34.6 Å². The molecule has 0 unspecified atom stereocenters. The largest absolute Gasteiger partial charge is 0.416 e. The van der Waals surface area contributed by atoms with Gasteiger partial charge in [0.2, 0.25) is 0 Å². The SMILES string of the molecule is COC[C@H]1CCCN1C(=O)c1cccnc1-n1cnc(CNC(=O)N(C[C@H](O)C(F)(F)F)C(=N)c2ccc(Cl)cc2)n1. The predicted octanol–water partition coefficient (Wildman–Crippen LogP) is 3.03. The van der Waals surface area contributed by atoms with Crippen molar-refractivity contribution in [2.24, 2.45) is 0 Å². The van der Waals surface area contributed by atoms with Crippen LogP contribution in [0.2, 0.25) is 5.02 Å². The molecule has 12 nitrogen and oxygen atoms in total. The van der Waals surface area contributed by atoms with Crippen molar-refractivity contribution < 1.29 is 32.6 Å². The minimum atomic E-state index is -5.02. The van der Waals surface area contributed by atoms with E-state index in [-0.39, 0.29) is 41.3 Å². The minimum Gasteiger partial charge on any atom is -0.383 e. The zero-order valence-electron chi connectivity index (χ0n) is 22.4. The number of amidine groups is 1. The highest BCUT2D eigenvalue weighted by molar-refractivity contribution is 6.30. The van der Waals surface area contributed by atoms with Crippen molar-refractivity contribution in [2.45, 2.75) is 37.7 Å². The normalized spacial score (nSPS) is 15.9. The Morgan fingerprint density at radius 2 is 2.00 bits per heavy atom. The summed E-state index contributed by atoms with van der Waals surface area (Å²) in [6, 6.07) is 7.62. The second-order valence-corrected chi connectivity index (χ2v) is 9.85. The van der Waals surface area contributed by atoms with Crippen LogP contribution in [0.15, 0.2) is 48.9 Å². The fourth-order valence-corrected chi connectivity index (χ4v) is 4.54. The zero-order valence-corrected chi connectivity index (χ0v) is 23.1. The summed E-state index contributed by atoms with van der Waals surface area (Å²) in [4.78, 5) is 36.9. The molecule has 0 saturated carbocycles. The minimum absolute atomic E-state index is 0.0557. The molecule has 0 spiro atoms. The number of urea groups is 1. The Morgan fingerprint density at radius 1 is 1.26 bits per heavy atom. The Hall–Kier alpha value is -4.08. The number of benzene rings is 1. The first-order valence-corrected chi connectivity index (χ1v) is 13.2. The third kappa shape index (κ3) is 7.21. The third-order valence-electron chi connectivity index (χ3n) is 6.53. The number of carbonyl (C=O) groups is 2. The average molecular weight is 609 g/mol. The molecule has 2 aromatic heterocycles. The van der Waals surface area contributed by atoms with Crippen molar-refractivity contribution in [2.75, 3.05) is 26.8 Å². The molecule has 0 aliphatic carbocycles. The Morgan fingerprint density at radius 3 is 2.69 bits per heavy atom. The number of ether oxygens (including phenoxy) is 1. The lowest BCUT2D eigenvalue weighted by Gasteiger charge is -2.27. The van der Waals surface area contributed by atoms with Crippen LogP contribution < -0.4 is 5.32 Å². The Balaban J connectivity index is 1.49. The number of aliphatic hydroxyl groups is 1. The molecule has 0 radical (unpaired) electrons. The second kappa shape index (κ2) is 13.3. The summed E-state index contributed by atoms with van der Waals surface area (Å²) in [5, 5.41) is 24.9. The Bertz CT molecular complexity index is 1420. The number of nitrogens with zero attached hydrogens (tertiary/aromatic N) is 6. The van der Waals surface area contributed by atoms with Gasteiger partial charge >= 0.3 is 12.2 Å². The van der Waals surface area contributed by atoms with Gasteiger partial charge in [0.25, 0.3) is 5.91 Å². The molecule has 3 heterocycles. The molecular weight excluding hydrogens is 581 g/mol. The summed E-state index contributed by atoms with van der Waals surface area (Å²) >= 11 is 5.85. The number of hydrogen-bond acceptors (Lipinski definition) is 8. The standard InChI is InChI=1S/C26H28ClF3N8O4/c1-42-14-18-4-3-11-36(18)24(40)19-5-2-10-32-23(19)38-15-34-21(35-38)12-33-25(41)37(13-20(39)26(28,29)30)22(31)16-6-8-17(27)9-7-16/h2,5-10,15,18,20,31,39H,3-4,11-14H2,1H3,(H,33,41)/t18-,20+/m1/s1. The zero-order chi connectivity index (χ0) is 30.4. The van der Waals surface area contributed by atoms with E-state index in [2.05, 4.69) is 20.4 Å². The lowest BCUT2D eigenvalue weighted by Crippen LogP contribution is -2.50. The van der Waals surface area contributed by atoms with Gasteiger partial charge < -0.3 is 20.1 Å². The van der Waals surface area contributed by atoms with Gasteiger partial charge in [0.15, 0.2) is 17.7 Å². The van der Waals surface area contributed by atoms with E-state index in [1.54, 1.807) is 24.1 Å². The molecule has 1 aliphatic rings. The smallest absolute Gasteiger partial charge is 0.383 e. The van der Waals surface area contributed by atoms with Crippen molar-refractivity contribution in [1.29, 1.82) is 5.41 Å². The molecule has 1 aliphatic heterocycles. The molecule has 3 amide bonds. The molecular formula is C26H28ClF3N8O4. The van der Waals surface area contributed by atoms with E-state index in [0.29, 0.717) is 23.1 Å². The number of aromatic nitrogens is 4. The number of methoxy groups -OCH3 is 1. The van der Waals surface area contributed by atoms with Crippen LogP contribution in [-0.4, -0.2) is 97.6 Å². The number of alkyl halides is 3. The summed E-state index contributed by atoms with van der Waals surface area (Å²) in [5.41, 5.74) is 0.383. The van der Waals surface area contributed by atoms with Crippen molar-refractivity contribution in [3.8, 4) is 5.82 Å². The lowest BCUT2D eigenvalue weighted by atomic mass is 10.2. The molecule has 1 saturated heterocycles. The molecule has 1 aromatic carbocycles. The molecule has 0 bridgehead atoms. The number of pyridine rings is 1. The van der Waals surface area contributed by atoms with Crippen molar-refractivity contribution >= 4 is 29.4 Å². The summed E-state index contributed by atoms with van der Waals surface area (Å²) in [5.74, 6) is -0.575. The maximum atomic E-state index is 13.4. The molecule has 3 N–H and O–H groups in total. The quantitative estimate of drug-likeness (QED) is 0.250. The van der Waals surface area contributed by atoms with E-state index in [1.165, 1.54) is 41.5 Å². The number of aliphatic hydroxyl groups excluding tert-OH is 1. The summed E-state index contributed by atoms with van der Waals surface area (Å²) in [7, 11) is 1.57. The molecule has 3 aromatic rings. The number of hydrogen-bond donors (Lipinski definition) is 3. The van der Waals surface area contributed by atoms with E-state index in [9.17, 15) is 27.9 Å². The predicted molar refractivity (Wildman–Crippen MR) is 144 cm³/mol. The summed E-state index contributed by atoms with van der Waals surface area (Å²) in [6.07, 6.45) is -3.48. The van der Waals surface area contributed by atoms with Crippen LogP contribution in [0, 0.1) is 5.41 Å². The van der Waals surface area contributed by atoms with Gasteiger partial charge in [-0.05, 0) is 49.2 Å². The summed E-state index contributed by atoms with van der Waals surface area (Å²) < 4.78 is 45.8. The number of rotatable bonds is 9. The molecule has 16 heteroatoms. The van der Waals surface area contributed by atoms with Crippen LogP contribution >= 0.6 is 11.6 Å². The molecule has 1 fully saturated rings. The Kier molecular flexibility index (Phi) is 9.75. The van der Waals surface area contributed by atoms with Gasteiger partial charge in [-0.2, -0.15) is 13.2 Å². The number of halogens is 4. The van der Waals surface area contributed by atoms with Crippen LogP contribution in [0.25, 0.3) is 5.82 Å². The van der Waals surface area contributed by atoms with Gasteiger partial charge in [-0.1, -0.05) is 11.6 Å². The average Bonchev–Trinajstić information content (AvgIpc) is 3.64. The van der Waals surface area contributed by atoms with Gasteiger partial charge in [-0.15, -0.1) is 5.10 Å². The topological polar surface area (TPSA) is 150 Å². The molecule has 4 rings (SSSR count). The number of nitrogens with one attached hydrogen (secondary N) is 2. The highest BCUT2D eigenvalue weighted by atomic mass is 35.5. The molecule has 224 valence electrons. The van der Waals surface area contributed by atoms with Crippen LogP contribution in [0.5, 0.6) is 0 Å². The van der Waals surface area contributed by atoms with Gasteiger partial charge in [0.05, 0.1) is 31.3 Å². The van der Waals surface area contributed by atoms with Gasteiger partial charge in [0, 0.05) is 30.4 Å².